The average molecular weight is 715 g/mol. The summed E-state index contributed by atoms with van der Waals surface area (Å²) >= 11 is 0. The summed E-state index contributed by atoms with van der Waals surface area (Å²) in [6, 6.07) is 81.0. The van der Waals surface area contributed by atoms with Gasteiger partial charge in [0.05, 0.1) is 0 Å². The first kappa shape index (κ1) is 35.7. The van der Waals surface area contributed by atoms with Crippen LogP contribution in [0.15, 0.2) is 231 Å². The van der Waals surface area contributed by atoms with Gasteiger partial charge < -0.3 is 0 Å². The second-order valence-corrected chi connectivity index (χ2v) is 13.6. The zero-order valence-electron chi connectivity index (χ0n) is 31.2. The van der Waals surface area contributed by atoms with Crippen molar-refractivity contribution < 1.29 is 0 Å². The number of rotatable bonds is 8. The maximum Gasteiger partial charge on any atom is -0.00268 e. The Bertz CT molecular complexity index is 2390. The van der Waals surface area contributed by atoms with E-state index >= 15 is 0 Å². The number of hydrogen-bond donors (Lipinski definition) is 0. The lowest BCUT2D eigenvalue weighted by atomic mass is 9.86. The van der Waals surface area contributed by atoms with Crippen molar-refractivity contribution in [2.45, 2.75) is 0 Å². The molecule has 0 saturated carbocycles. The molecule has 56 heavy (non-hydrogen) atoms. The highest BCUT2D eigenvalue weighted by Crippen LogP contribution is 2.37. The zero-order chi connectivity index (χ0) is 37.8. The summed E-state index contributed by atoms with van der Waals surface area (Å²) < 4.78 is 0. The summed E-state index contributed by atoms with van der Waals surface area (Å²) in [5.74, 6) is 0. The molecule has 0 saturated heterocycles. The highest BCUT2D eigenvalue weighted by Gasteiger charge is 2.15. The molecule has 0 radical (unpaired) electrons. The van der Waals surface area contributed by atoms with Crippen LogP contribution in [0, 0.1) is 0 Å². The molecule has 9 rings (SSSR count). The van der Waals surface area contributed by atoms with Gasteiger partial charge in [-0.3, -0.25) is 0 Å². The Hall–Kier alpha value is -7.28. The van der Waals surface area contributed by atoms with Crippen LogP contribution < -0.4 is 0 Å². The molecule has 266 valence electrons. The zero-order valence-corrected chi connectivity index (χ0v) is 31.2. The van der Waals surface area contributed by atoms with Crippen molar-refractivity contribution in [3.63, 3.8) is 0 Å². The van der Waals surface area contributed by atoms with Crippen LogP contribution in [-0.2, 0) is 0 Å². The maximum absolute atomic E-state index is 2.25. The second-order valence-electron chi connectivity index (χ2n) is 13.6. The van der Waals surface area contributed by atoms with E-state index in [0.29, 0.717) is 0 Å². The van der Waals surface area contributed by atoms with E-state index in [9.17, 15) is 0 Å². The van der Waals surface area contributed by atoms with Crippen LogP contribution in [0.2, 0.25) is 0 Å². The molecule has 0 heterocycles. The van der Waals surface area contributed by atoms with E-state index in [1.54, 1.807) is 0 Å². The van der Waals surface area contributed by atoms with Crippen LogP contribution >= 0.6 is 0 Å². The summed E-state index contributed by atoms with van der Waals surface area (Å²) in [6.07, 6.45) is 8.91. The monoisotopic (exact) mass is 714 g/mol. The lowest BCUT2D eigenvalue weighted by Crippen LogP contribution is -1.97. The molecule has 0 aliphatic carbocycles. The van der Waals surface area contributed by atoms with Crippen molar-refractivity contribution in [1.82, 2.24) is 0 Å². The molecule has 0 unspecified atom stereocenters. The lowest BCUT2D eigenvalue weighted by Gasteiger charge is -2.18. The number of benzene rings is 9. The van der Waals surface area contributed by atoms with Gasteiger partial charge in [-0.1, -0.05) is 255 Å². The molecule has 0 atom stereocenters. The van der Waals surface area contributed by atoms with E-state index in [4.69, 9.17) is 0 Å². The Morgan fingerprint density at radius 3 is 0.679 bits per heavy atom. The largest absolute Gasteiger partial charge is 0.0622 e. The summed E-state index contributed by atoms with van der Waals surface area (Å²) in [5.41, 5.74) is 12.3. The fraction of sp³-hybridized carbons (Fsp3) is 0. The fourth-order valence-electron chi connectivity index (χ4n) is 7.37. The van der Waals surface area contributed by atoms with Crippen LogP contribution in [-0.4, -0.2) is 0 Å². The van der Waals surface area contributed by atoms with E-state index in [-0.39, 0.29) is 0 Å². The standard InChI is InChI=1S/C30H22.C26H20/c1-3-11-23(12-4-1)19-21-29-25-15-7-9-17-27(25)30(28-18-10-8-16-26(28)29)22-20-24-13-5-2-6-14-24;1-5-13-21(14-6-1)25(22-15-7-2-8-16-22)26(23-17-9-3-10-18-23)24-19-11-4-12-20-24/h1-22H;1-20H. The van der Waals surface area contributed by atoms with Gasteiger partial charge in [0.15, 0.2) is 0 Å². The molecule has 0 heteroatoms. The Kier molecular flexibility index (Phi) is 11.3. The number of fused-ring (bicyclic) bond motifs is 2. The minimum Gasteiger partial charge on any atom is -0.0622 e. The highest BCUT2D eigenvalue weighted by atomic mass is 14.2. The summed E-state index contributed by atoms with van der Waals surface area (Å²) in [6.45, 7) is 0. The van der Waals surface area contributed by atoms with Crippen LogP contribution in [0.1, 0.15) is 44.5 Å². The van der Waals surface area contributed by atoms with Crippen molar-refractivity contribution in [3.8, 4) is 0 Å². The topological polar surface area (TPSA) is 0 Å². The van der Waals surface area contributed by atoms with Crippen LogP contribution in [0.5, 0.6) is 0 Å². The minimum atomic E-state index is 1.21. The van der Waals surface area contributed by atoms with Gasteiger partial charge in [-0.25, -0.2) is 0 Å². The SMILES string of the molecule is C(=Cc1c2ccccc2c(C=Cc2ccccc2)c2ccccc12)c1ccccc1.c1ccc(C(=C(c2ccccc2)c2ccccc2)c2ccccc2)cc1. The molecule has 9 aromatic rings. The first-order valence-electron chi connectivity index (χ1n) is 19.2. The van der Waals surface area contributed by atoms with Crippen LogP contribution in [0.4, 0.5) is 0 Å². The van der Waals surface area contributed by atoms with Gasteiger partial charge in [0.2, 0.25) is 0 Å². The van der Waals surface area contributed by atoms with Crippen molar-refractivity contribution in [1.29, 1.82) is 0 Å². The predicted octanol–water partition coefficient (Wildman–Crippen LogP) is 15.0. The molecule has 0 nitrogen and oxygen atoms in total. The molecule has 0 spiro atoms. The van der Waals surface area contributed by atoms with E-state index < -0.39 is 0 Å². The molecule has 0 aromatic heterocycles. The molecular formula is C56H42. The summed E-state index contributed by atoms with van der Waals surface area (Å²) in [7, 11) is 0. The molecule has 0 amide bonds. The first-order chi connectivity index (χ1) is 27.8. The van der Waals surface area contributed by atoms with Gasteiger partial charge in [0.25, 0.3) is 0 Å². The third-order valence-electron chi connectivity index (χ3n) is 10.00. The Labute approximate surface area is 330 Å². The smallest absolute Gasteiger partial charge is 0.00268 e. The fourth-order valence-corrected chi connectivity index (χ4v) is 7.37. The van der Waals surface area contributed by atoms with Gasteiger partial charge in [0.1, 0.15) is 0 Å². The van der Waals surface area contributed by atoms with Crippen molar-refractivity contribution in [3.05, 3.63) is 275 Å². The third kappa shape index (κ3) is 8.26. The lowest BCUT2D eigenvalue weighted by molar-refractivity contribution is 1.50. The normalized spacial score (nSPS) is 11.1. The van der Waals surface area contributed by atoms with Gasteiger partial charge in [-0.15, -0.1) is 0 Å². The Balaban J connectivity index is 0.000000159. The van der Waals surface area contributed by atoms with Crippen LogP contribution in [0.3, 0.4) is 0 Å². The molecular weight excluding hydrogens is 673 g/mol. The Morgan fingerprint density at radius 2 is 0.429 bits per heavy atom. The van der Waals surface area contributed by atoms with Gasteiger partial charge in [0, 0.05) is 0 Å². The minimum absolute atomic E-state index is 1.21. The molecule has 0 fully saturated rings. The average Bonchev–Trinajstić information content (AvgIpc) is 3.28. The molecule has 0 N–H and O–H groups in total. The molecule has 9 aromatic carbocycles. The quantitative estimate of drug-likeness (QED) is 0.109. The summed E-state index contributed by atoms with van der Waals surface area (Å²) in [4.78, 5) is 0. The molecule has 0 aliphatic heterocycles. The molecule has 0 aliphatic rings. The van der Waals surface area contributed by atoms with E-state index in [2.05, 4.69) is 255 Å². The van der Waals surface area contributed by atoms with E-state index in [0.717, 1.165) is 0 Å². The van der Waals surface area contributed by atoms with Crippen molar-refractivity contribution in [2.24, 2.45) is 0 Å². The first-order valence-corrected chi connectivity index (χ1v) is 19.2. The summed E-state index contributed by atoms with van der Waals surface area (Å²) in [5, 5.41) is 5.10. The van der Waals surface area contributed by atoms with E-state index in [1.165, 1.54) is 77.2 Å². The Morgan fingerprint density at radius 1 is 0.214 bits per heavy atom. The number of hydrogen-bond acceptors (Lipinski definition) is 0. The van der Waals surface area contributed by atoms with Crippen LogP contribution in [0.25, 0.3) is 57.0 Å². The predicted molar refractivity (Wildman–Crippen MR) is 243 cm³/mol. The van der Waals surface area contributed by atoms with E-state index in [1.807, 2.05) is 0 Å². The van der Waals surface area contributed by atoms with Gasteiger partial charge in [-0.2, -0.15) is 0 Å². The highest BCUT2D eigenvalue weighted by molar-refractivity contribution is 6.14. The maximum atomic E-state index is 2.25. The third-order valence-corrected chi connectivity index (χ3v) is 10.00. The van der Waals surface area contributed by atoms with Crippen molar-refractivity contribution in [2.75, 3.05) is 0 Å². The van der Waals surface area contributed by atoms with Gasteiger partial charge >= 0.3 is 0 Å². The second kappa shape index (κ2) is 17.7. The molecule has 0 bridgehead atoms. The van der Waals surface area contributed by atoms with Crippen molar-refractivity contribution >= 4 is 57.0 Å². The van der Waals surface area contributed by atoms with Gasteiger partial charge in [-0.05, 0) is 77.2 Å².